The molecule has 0 fully saturated rings. The van der Waals surface area contributed by atoms with Gasteiger partial charge in [-0.25, -0.2) is 10.2 Å². The van der Waals surface area contributed by atoms with Crippen LogP contribution in [0.3, 0.4) is 0 Å². The Morgan fingerprint density at radius 3 is 2.52 bits per heavy atom. The fourth-order valence-electron chi connectivity index (χ4n) is 3.05. The normalized spacial score (nSPS) is 15.6. The van der Waals surface area contributed by atoms with Gasteiger partial charge in [0.2, 0.25) is 0 Å². The molecule has 0 radical (unpaired) electrons. The van der Waals surface area contributed by atoms with Crippen LogP contribution in [0.4, 0.5) is 10.5 Å². The van der Waals surface area contributed by atoms with Gasteiger partial charge < -0.3 is 10.6 Å². The lowest BCUT2D eigenvalue weighted by Crippen LogP contribution is -2.44. The molecule has 1 aliphatic rings. The van der Waals surface area contributed by atoms with Gasteiger partial charge in [-0.2, -0.15) is 5.10 Å². The smallest absolute Gasteiger partial charge is 0.332 e. The average molecular weight is 366 g/mol. The Kier molecular flexibility index (Phi) is 6.02. The molecule has 2 rings (SSSR count). The predicted molar refractivity (Wildman–Crippen MR) is 100 cm³/mol. The van der Waals surface area contributed by atoms with E-state index in [9.17, 15) is 9.59 Å². The number of hydrogen-bond donors (Lipinski definition) is 2. The summed E-state index contributed by atoms with van der Waals surface area (Å²) in [6, 6.07) is 5.05. The number of primary amides is 1. The molecule has 0 bridgehead atoms. The SMILES string of the molecule is CC(C)N(CCN1C(=O)/C(=N/NC(N)=O)c2ccc(Cl)cc21)C(C)C. The third-order valence-corrected chi connectivity index (χ3v) is 4.37. The molecule has 8 heteroatoms. The van der Waals surface area contributed by atoms with Crippen molar-refractivity contribution in [3.05, 3.63) is 28.8 Å². The Balaban J connectivity index is 2.30. The van der Waals surface area contributed by atoms with Gasteiger partial charge in [-0.1, -0.05) is 11.6 Å². The molecule has 3 amide bonds. The minimum atomic E-state index is -0.819. The maximum absolute atomic E-state index is 12.8. The van der Waals surface area contributed by atoms with E-state index < -0.39 is 6.03 Å². The van der Waals surface area contributed by atoms with Crippen LogP contribution in [-0.4, -0.2) is 47.7 Å². The van der Waals surface area contributed by atoms with E-state index in [0.717, 1.165) is 0 Å². The summed E-state index contributed by atoms with van der Waals surface area (Å²) in [5.74, 6) is -0.279. The van der Waals surface area contributed by atoms with Crippen molar-refractivity contribution in [3.63, 3.8) is 0 Å². The number of fused-ring (bicyclic) bond motifs is 1. The highest BCUT2D eigenvalue weighted by Gasteiger charge is 2.34. The number of hydrazone groups is 1. The highest BCUT2D eigenvalue weighted by Crippen LogP contribution is 2.32. The Hall–Kier alpha value is -2.12. The molecule has 1 aliphatic heterocycles. The highest BCUT2D eigenvalue weighted by molar-refractivity contribution is 6.54. The lowest BCUT2D eigenvalue weighted by atomic mass is 10.1. The summed E-state index contributed by atoms with van der Waals surface area (Å²) in [4.78, 5) is 27.6. The number of nitrogens with one attached hydrogen (secondary N) is 1. The van der Waals surface area contributed by atoms with Crippen molar-refractivity contribution in [2.75, 3.05) is 18.0 Å². The van der Waals surface area contributed by atoms with Crippen molar-refractivity contribution < 1.29 is 9.59 Å². The van der Waals surface area contributed by atoms with E-state index in [0.29, 0.717) is 41.4 Å². The molecule has 0 saturated heterocycles. The topological polar surface area (TPSA) is 91.0 Å². The van der Waals surface area contributed by atoms with Gasteiger partial charge in [0.25, 0.3) is 5.91 Å². The summed E-state index contributed by atoms with van der Waals surface area (Å²) < 4.78 is 0. The fraction of sp³-hybridized carbons (Fsp3) is 0.471. The first-order chi connectivity index (χ1) is 11.7. The molecule has 1 heterocycles. The minimum absolute atomic E-state index is 0.158. The molecule has 1 aromatic carbocycles. The van der Waals surface area contributed by atoms with E-state index in [1.54, 1.807) is 23.1 Å². The summed E-state index contributed by atoms with van der Waals surface area (Å²) in [5.41, 5.74) is 8.66. The Morgan fingerprint density at radius 2 is 1.96 bits per heavy atom. The number of carbonyl (C=O) groups excluding carboxylic acids is 2. The van der Waals surface area contributed by atoms with Crippen LogP contribution < -0.4 is 16.1 Å². The second-order valence-corrected chi connectivity index (χ2v) is 6.92. The number of halogens is 1. The zero-order valence-electron chi connectivity index (χ0n) is 14.9. The van der Waals surface area contributed by atoms with Crippen molar-refractivity contribution in [2.45, 2.75) is 39.8 Å². The number of benzene rings is 1. The standard InChI is InChI=1S/C17H24ClN5O2/c1-10(2)22(11(3)4)7-8-23-14-9-12(18)5-6-13(14)15(16(23)24)20-21-17(19)25/h5-6,9-11H,7-8H2,1-4H3,(H3,19,21,25)/b20-15+. The zero-order chi connectivity index (χ0) is 18.7. The number of hydrogen-bond acceptors (Lipinski definition) is 4. The highest BCUT2D eigenvalue weighted by atomic mass is 35.5. The average Bonchev–Trinajstić information content (AvgIpc) is 2.76. The summed E-state index contributed by atoms with van der Waals surface area (Å²) in [7, 11) is 0. The first-order valence-corrected chi connectivity index (χ1v) is 8.60. The summed E-state index contributed by atoms with van der Waals surface area (Å²) in [5, 5.41) is 4.40. The molecule has 25 heavy (non-hydrogen) atoms. The monoisotopic (exact) mass is 365 g/mol. The van der Waals surface area contributed by atoms with E-state index in [1.165, 1.54) is 0 Å². The quantitative estimate of drug-likeness (QED) is 0.757. The number of anilines is 1. The van der Waals surface area contributed by atoms with Gasteiger partial charge in [-0.15, -0.1) is 0 Å². The molecule has 3 N–H and O–H groups in total. The minimum Gasteiger partial charge on any atom is -0.350 e. The van der Waals surface area contributed by atoms with Crippen LogP contribution >= 0.6 is 11.6 Å². The summed E-state index contributed by atoms with van der Waals surface area (Å²) in [6.07, 6.45) is 0. The molecule has 0 aliphatic carbocycles. The van der Waals surface area contributed by atoms with Crippen molar-refractivity contribution in [2.24, 2.45) is 10.8 Å². The molecule has 0 unspecified atom stereocenters. The molecule has 1 aromatic rings. The first kappa shape index (κ1) is 19.2. The van der Waals surface area contributed by atoms with Gasteiger partial charge in [-0.3, -0.25) is 9.69 Å². The van der Waals surface area contributed by atoms with Crippen molar-refractivity contribution in [1.29, 1.82) is 0 Å². The van der Waals surface area contributed by atoms with Crippen molar-refractivity contribution >= 4 is 34.9 Å². The van der Waals surface area contributed by atoms with Crippen LogP contribution in [0.25, 0.3) is 0 Å². The molecule has 0 atom stereocenters. The number of nitrogens with zero attached hydrogens (tertiary/aromatic N) is 3. The van der Waals surface area contributed by atoms with Crippen LogP contribution in [-0.2, 0) is 4.79 Å². The summed E-state index contributed by atoms with van der Waals surface area (Å²) in [6.45, 7) is 9.71. The van der Waals surface area contributed by atoms with Crippen LogP contribution in [0.1, 0.15) is 33.3 Å². The Bertz CT molecular complexity index is 694. The van der Waals surface area contributed by atoms with Crippen molar-refractivity contribution in [1.82, 2.24) is 10.3 Å². The number of rotatable bonds is 6. The predicted octanol–water partition coefficient (Wildman–Crippen LogP) is 2.18. The third-order valence-electron chi connectivity index (χ3n) is 4.14. The Labute approximate surface area is 152 Å². The first-order valence-electron chi connectivity index (χ1n) is 8.23. The second-order valence-electron chi connectivity index (χ2n) is 6.48. The van der Waals surface area contributed by atoms with E-state index in [-0.39, 0.29) is 11.6 Å². The lowest BCUT2D eigenvalue weighted by molar-refractivity contribution is -0.112. The third kappa shape index (κ3) is 4.29. The maximum atomic E-state index is 12.8. The van der Waals surface area contributed by atoms with Gasteiger partial charge in [0.1, 0.15) is 0 Å². The molecular weight excluding hydrogens is 342 g/mol. The molecule has 0 spiro atoms. The van der Waals surface area contributed by atoms with Gasteiger partial charge >= 0.3 is 6.03 Å². The van der Waals surface area contributed by atoms with Gasteiger partial charge in [0.05, 0.1) is 5.69 Å². The second kappa shape index (κ2) is 7.84. The van der Waals surface area contributed by atoms with E-state index in [1.807, 2.05) is 0 Å². The number of carbonyl (C=O) groups is 2. The molecular formula is C17H24ClN5O2. The largest absolute Gasteiger partial charge is 0.350 e. The molecule has 0 saturated carbocycles. The van der Waals surface area contributed by atoms with Crippen LogP contribution in [0.5, 0.6) is 0 Å². The van der Waals surface area contributed by atoms with Crippen LogP contribution in [0, 0.1) is 0 Å². The number of amides is 3. The van der Waals surface area contributed by atoms with Crippen LogP contribution in [0.15, 0.2) is 23.3 Å². The van der Waals surface area contributed by atoms with E-state index in [4.69, 9.17) is 17.3 Å². The zero-order valence-corrected chi connectivity index (χ0v) is 15.7. The number of nitrogens with two attached hydrogens (primary N) is 1. The molecule has 7 nitrogen and oxygen atoms in total. The molecule has 0 aromatic heterocycles. The lowest BCUT2D eigenvalue weighted by Gasteiger charge is -2.32. The fourth-order valence-corrected chi connectivity index (χ4v) is 3.22. The van der Waals surface area contributed by atoms with E-state index >= 15 is 0 Å². The summed E-state index contributed by atoms with van der Waals surface area (Å²) >= 11 is 6.10. The van der Waals surface area contributed by atoms with Gasteiger partial charge in [-0.05, 0) is 45.9 Å². The van der Waals surface area contributed by atoms with Crippen LogP contribution in [0.2, 0.25) is 5.02 Å². The van der Waals surface area contributed by atoms with E-state index in [2.05, 4.69) is 43.1 Å². The van der Waals surface area contributed by atoms with Gasteiger partial charge in [0, 0.05) is 35.8 Å². The Morgan fingerprint density at radius 1 is 1.32 bits per heavy atom. The van der Waals surface area contributed by atoms with Crippen molar-refractivity contribution in [3.8, 4) is 0 Å². The van der Waals surface area contributed by atoms with Gasteiger partial charge in [0.15, 0.2) is 5.71 Å². The number of urea groups is 1. The molecule has 136 valence electrons. The maximum Gasteiger partial charge on any atom is 0.332 e.